The fraction of sp³-hybridized carbons (Fsp3) is 0.625. The maximum absolute atomic E-state index is 13.3. The van der Waals surface area contributed by atoms with Gasteiger partial charge in [0, 0.05) is 12.6 Å². The molecule has 0 atom stereocenters. The van der Waals surface area contributed by atoms with Crippen molar-refractivity contribution >= 4 is 0 Å². The molecule has 1 fully saturated rings. The van der Waals surface area contributed by atoms with Crippen molar-refractivity contribution < 1.29 is 4.39 Å². The van der Waals surface area contributed by atoms with Crippen molar-refractivity contribution in [1.29, 1.82) is 0 Å². The first-order valence-corrected chi connectivity index (χ1v) is 7.40. The highest BCUT2D eigenvalue weighted by molar-refractivity contribution is 5.26. The Morgan fingerprint density at radius 1 is 1.32 bits per heavy atom. The van der Waals surface area contributed by atoms with Crippen molar-refractivity contribution in [2.45, 2.75) is 45.7 Å². The second-order valence-corrected chi connectivity index (χ2v) is 5.58. The third-order valence-electron chi connectivity index (χ3n) is 3.98. The number of hydrogen-bond donors (Lipinski definition) is 1. The summed E-state index contributed by atoms with van der Waals surface area (Å²) >= 11 is 0. The second-order valence-electron chi connectivity index (χ2n) is 5.58. The highest BCUT2D eigenvalue weighted by atomic mass is 19.1. The normalized spacial score (nSPS) is 17.8. The summed E-state index contributed by atoms with van der Waals surface area (Å²) in [5, 5.41) is 3.59. The van der Waals surface area contributed by atoms with Crippen LogP contribution in [0.4, 0.5) is 4.39 Å². The molecule has 1 heterocycles. The van der Waals surface area contributed by atoms with Gasteiger partial charge in [-0.25, -0.2) is 4.39 Å². The molecular weight excluding hydrogens is 239 g/mol. The number of rotatable bonds is 5. The van der Waals surface area contributed by atoms with Crippen molar-refractivity contribution in [3.8, 4) is 0 Å². The number of benzene rings is 1. The van der Waals surface area contributed by atoms with Crippen LogP contribution in [0.3, 0.4) is 0 Å². The summed E-state index contributed by atoms with van der Waals surface area (Å²) in [6.45, 7) is 8.48. The monoisotopic (exact) mass is 264 g/mol. The zero-order valence-electron chi connectivity index (χ0n) is 12.1. The molecule has 0 aromatic heterocycles. The van der Waals surface area contributed by atoms with E-state index in [9.17, 15) is 4.39 Å². The molecule has 1 N–H and O–H groups in total. The summed E-state index contributed by atoms with van der Waals surface area (Å²) < 4.78 is 13.3. The van der Waals surface area contributed by atoms with Crippen LogP contribution in [-0.4, -0.2) is 30.6 Å². The van der Waals surface area contributed by atoms with E-state index < -0.39 is 0 Å². The molecule has 2 nitrogen and oxygen atoms in total. The van der Waals surface area contributed by atoms with Gasteiger partial charge >= 0.3 is 0 Å². The molecule has 1 aliphatic rings. The summed E-state index contributed by atoms with van der Waals surface area (Å²) in [4.78, 5) is 2.44. The van der Waals surface area contributed by atoms with Gasteiger partial charge in [0.05, 0.1) is 0 Å². The molecule has 1 aromatic carbocycles. The molecule has 1 saturated heterocycles. The van der Waals surface area contributed by atoms with Crippen LogP contribution >= 0.6 is 0 Å². The fourth-order valence-electron chi connectivity index (χ4n) is 2.69. The van der Waals surface area contributed by atoms with E-state index in [2.05, 4.69) is 24.1 Å². The molecule has 0 bridgehead atoms. The topological polar surface area (TPSA) is 15.3 Å². The van der Waals surface area contributed by atoms with Crippen molar-refractivity contribution in [3.05, 3.63) is 35.1 Å². The van der Waals surface area contributed by atoms with Gasteiger partial charge in [-0.05, 0) is 69.1 Å². The van der Waals surface area contributed by atoms with Crippen LogP contribution < -0.4 is 5.32 Å². The fourth-order valence-corrected chi connectivity index (χ4v) is 2.69. The minimum atomic E-state index is -0.125. The minimum Gasteiger partial charge on any atom is -0.314 e. The SMILES string of the molecule is CCCNC1CCN(Cc2cc(F)ccc2C)CC1. The first kappa shape index (κ1) is 14.5. The van der Waals surface area contributed by atoms with Gasteiger partial charge in [0.2, 0.25) is 0 Å². The maximum Gasteiger partial charge on any atom is 0.123 e. The third kappa shape index (κ3) is 4.29. The van der Waals surface area contributed by atoms with E-state index >= 15 is 0 Å². The first-order chi connectivity index (χ1) is 9.19. The Morgan fingerprint density at radius 2 is 2.05 bits per heavy atom. The van der Waals surface area contributed by atoms with E-state index in [0.29, 0.717) is 6.04 Å². The number of likely N-dealkylation sites (tertiary alicyclic amines) is 1. The first-order valence-electron chi connectivity index (χ1n) is 7.40. The van der Waals surface area contributed by atoms with Crippen molar-refractivity contribution in [2.75, 3.05) is 19.6 Å². The average molecular weight is 264 g/mol. The van der Waals surface area contributed by atoms with Crippen LogP contribution in [0.1, 0.15) is 37.3 Å². The van der Waals surface area contributed by atoms with Crippen LogP contribution in [0.5, 0.6) is 0 Å². The van der Waals surface area contributed by atoms with E-state index in [-0.39, 0.29) is 5.82 Å². The van der Waals surface area contributed by atoms with E-state index in [1.54, 1.807) is 12.1 Å². The average Bonchev–Trinajstić information content (AvgIpc) is 2.42. The molecule has 0 unspecified atom stereocenters. The highest BCUT2D eigenvalue weighted by Crippen LogP contribution is 2.17. The molecule has 0 spiro atoms. The Bertz CT molecular complexity index is 398. The van der Waals surface area contributed by atoms with Crippen molar-refractivity contribution in [3.63, 3.8) is 0 Å². The predicted octanol–water partition coefficient (Wildman–Crippen LogP) is 3.10. The molecule has 0 aliphatic carbocycles. The lowest BCUT2D eigenvalue weighted by Crippen LogP contribution is -2.42. The van der Waals surface area contributed by atoms with Gasteiger partial charge in [-0.2, -0.15) is 0 Å². The molecule has 1 aromatic rings. The Kier molecular flexibility index (Phi) is 5.34. The quantitative estimate of drug-likeness (QED) is 0.879. The summed E-state index contributed by atoms with van der Waals surface area (Å²) in [6, 6.07) is 5.77. The van der Waals surface area contributed by atoms with Crippen LogP contribution in [-0.2, 0) is 6.54 Å². The van der Waals surface area contributed by atoms with Crippen LogP contribution in [0, 0.1) is 12.7 Å². The van der Waals surface area contributed by atoms with Crippen molar-refractivity contribution in [2.24, 2.45) is 0 Å². The lowest BCUT2D eigenvalue weighted by molar-refractivity contribution is 0.190. The smallest absolute Gasteiger partial charge is 0.123 e. The van der Waals surface area contributed by atoms with Crippen LogP contribution in [0.15, 0.2) is 18.2 Å². The van der Waals surface area contributed by atoms with Gasteiger partial charge in [0.15, 0.2) is 0 Å². The van der Waals surface area contributed by atoms with Gasteiger partial charge in [-0.1, -0.05) is 13.0 Å². The molecule has 0 amide bonds. The Labute approximate surface area is 116 Å². The van der Waals surface area contributed by atoms with Crippen LogP contribution in [0.2, 0.25) is 0 Å². The number of piperidine rings is 1. The predicted molar refractivity (Wildman–Crippen MR) is 77.7 cm³/mol. The molecule has 0 saturated carbocycles. The molecular formula is C16H25FN2. The standard InChI is InChI=1S/C16H25FN2/c1-3-8-18-16-6-9-19(10-7-16)12-14-11-15(17)5-4-13(14)2/h4-5,11,16,18H,3,6-10,12H2,1-2H3. The van der Waals surface area contributed by atoms with Crippen molar-refractivity contribution in [1.82, 2.24) is 10.2 Å². The third-order valence-corrected chi connectivity index (χ3v) is 3.98. The second kappa shape index (κ2) is 7.01. The highest BCUT2D eigenvalue weighted by Gasteiger charge is 2.18. The lowest BCUT2D eigenvalue weighted by atomic mass is 10.0. The van der Waals surface area contributed by atoms with Gasteiger partial charge in [-0.15, -0.1) is 0 Å². The minimum absolute atomic E-state index is 0.125. The molecule has 2 rings (SSSR count). The molecule has 0 radical (unpaired) electrons. The largest absolute Gasteiger partial charge is 0.314 e. The number of nitrogens with zero attached hydrogens (tertiary/aromatic N) is 1. The van der Waals surface area contributed by atoms with E-state index in [1.807, 2.05) is 6.07 Å². The Morgan fingerprint density at radius 3 is 2.74 bits per heavy atom. The molecule has 19 heavy (non-hydrogen) atoms. The van der Waals surface area contributed by atoms with E-state index in [4.69, 9.17) is 0 Å². The zero-order chi connectivity index (χ0) is 13.7. The van der Waals surface area contributed by atoms with Gasteiger partial charge in [0.25, 0.3) is 0 Å². The molecule has 1 aliphatic heterocycles. The summed E-state index contributed by atoms with van der Waals surface area (Å²) in [6.07, 6.45) is 3.60. The number of nitrogens with one attached hydrogen (secondary N) is 1. The summed E-state index contributed by atoms with van der Waals surface area (Å²) in [7, 11) is 0. The van der Waals surface area contributed by atoms with Gasteiger partial charge < -0.3 is 5.32 Å². The summed E-state index contributed by atoms with van der Waals surface area (Å²) in [5.74, 6) is -0.125. The molecule has 106 valence electrons. The number of halogens is 1. The van der Waals surface area contributed by atoms with Gasteiger partial charge in [-0.3, -0.25) is 4.90 Å². The summed E-state index contributed by atoms with van der Waals surface area (Å²) in [5.41, 5.74) is 2.31. The number of aryl methyl sites for hydroxylation is 1. The van der Waals surface area contributed by atoms with Gasteiger partial charge in [0.1, 0.15) is 5.82 Å². The lowest BCUT2D eigenvalue weighted by Gasteiger charge is -2.32. The van der Waals surface area contributed by atoms with E-state index in [1.165, 1.54) is 24.8 Å². The Hall–Kier alpha value is -0.930. The molecule has 3 heteroatoms. The maximum atomic E-state index is 13.3. The Balaban J connectivity index is 1.83. The number of hydrogen-bond acceptors (Lipinski definition) is 2. The van der Waals surface area contributed by atoms with Crippen LogP contribution in [0.25, 0.3) is 0 Å². The van der Waals surface area contributed by atoms with E-state index in [0.717, 1.165) is 31.7 Å². The zero-order valence-corrected chi connectivity index (χ0v) is 12.1.